The van der Waals surface area contributed by atoms with E-state index in [4.69, 9.17) is 16.3 Å². The number of hydrogen-bond acceptors (Lipinski definition) is 4. The number of alkyl halides is 3. The van der Waals surface area contributed by atoms with Gasteiger partial charge in [0.05, 0.1) is 22.7 Å². The van der Waals surface area contributed by atoms with E-state index < -0.39 is 17.3 Å². The van der Waals surface area contributed by atoms with E-state index in [1.54, 1.807) is 24.3 Å². The molecule has 45 heavy (non-hydrogen) atoms. The van der Waals surface area contributed by atoms with Crippen LogP contribution in [0.5, 0.6) is 5.75 Å². The second-order valence-electron chi connectivity index (χ2n) is 10.4. The van der Waals surface area contributed by atoms with Crippen LogP contribution in [0.15, 0.2) is 113 Å². The second-order valence-corrected chi connectivity index (χ2v) is 10.8. The molecule has 0 saturated carbocycles. The van der Waals surface area contributed by atoms with E-state index >= 15 is 0 Å². The molecule has 6 rings (SSSR count). The van der Waals surface area contributed by atoms with Crippen molar-refractivity contribution < 1.29 is 17.9 Å². The minimum atomic E-state index is -4.56. The Balaban J connectivity index is 1.34. The van der Waals surface area contributed by atoms with Crippen LogP contribution in [0.3, 0.4) is 0 Å². The van der Waals surface area contributed by atoms with Gasteiger partial charge in [-0.15, -0.1) is 0 Å². The molecule has 0 atom stereocenters. The van der Waals surface area contributed by atoms with Crippen molar-refractivity contribution in [3.8, 4) is 22.8 Å². The first kappa shape index (κ1) is 29.9. The number of nitrogens with zero attached hydrogens (tertiary/aromatic N) is 4. The molecule has 10 heteroatoms. The Hall–Kier alpha value is -5.15. The van der Waals surface area contributed by atoms with Gasteiger partial charge in [-0.05, 0) is 74.5 Å². The van der Waals surface area contributed by atoms with E-state index in [2.05, 4.69) is 10.1 Å². The molecule has 0 aliphatic rings. The summed E-state index contributed by atoms with van der Waals surface area (Å²) in [6, 6.07) is 28.4. The fourth-order valence-electron chi connectivity index (χ4n) is 5.16. The van der Waals surface area contributed by atoms with Crippen molar-refractivity contribution in [1.29, 1.82) is 0 Å². The van der Waals surface area contributed by atoms with Gasteiger partial charge in [-0.25, -0.2) is 4.98 Å². The lowest BCUT2D eigenvalue weighted by molar-refractivity contribution is -0.137. The molecule has 0 bridgehead atoms. The third-order valence-corrected chi connectivity index (χ3v) is 7.80. The number of rotatable bonds is 7. The van der Waals surface area contributed by atoms with Gasteiger partial charge in [0.2, 0.25) is 0 Å². The largest absolute Gasteiger partial charge is 0.489 e. The average Bonchev–Trinajstić information content (AvgIpc) is 3.32. The molecule has 0 aliphatic heterocycles. The molecule has 4 aromatic carbocycles. The van der Waals surface area contributed by atoms with Gasteiger partial charge in [-0.1, -0.05) is 54.1 Å². The molecule has 0 unspecified atom stereocenters. The van der Waals surface area contributed by atoms with Crippen molar-refractivity contribution in [2.24, 2.45) is 5.10 Å². The zero-order chi connectivity index (χ0) is 31.7. The second kappa shape index (κ2) is 12.1. The van der Waals surface area contributed by atoms with E-state index in [9.17, 15) is 18.0 Å². The highest BCUT2D eigenvalue weighted by atomic mass is 35.5. The Labute approximate surface area is 261 Å². The number of halogens is 4. The number of ether oxygens (including phenoxy) is 1. The Morgan fingerprint density at radius 1 is 0.911 bits per heavy atom. The van der Waals surface area contributed by atoms with E-state index in [-0.39, 0.29) is 11.4 Å². The quantitative estimate of drug-likeness (QED) is 0.167. The predicted octanol–water partition coefficient (Wildman–Crippen LogP) is 8.60. The van der Waals surface area contributed by atoms with Crippen LogP contribution in [0.2, 0.25) is 5.02 Å². The zero-order valence-corrected chi connectivity index (χ0v) is 25.0. The van der Waals surface area contributed by atoms with E-state index in [0.29, 0.717) is 28.3 Å². The number of aryl methyl sites for hydroxylation is 1. The predicted molar refractivity (Wildman–Crippen MR) is 170 cm³/mol. The molecular weight excluding hydrogens is 601 g/mol. The summed E-state index contributed by atoms with van der Waals surface area (Å²) in [5, 5.41) is 5.41. The minimum absolute atomic E-state index is 0.00207. The van der Waals surface area contributed by atoms with Gasteiger partial charge in [0.15, 0.2) is 5.82 Å². The van der Waals surface area contributed by atoms with Gasteiger partial charge in [0.25, 0.3) is 5.56 Å². The minimum Gasteiger partial charge on any atom is -0.489 e. The lowest BCUT2D eigenvalue weighted by Crippen LogP contribution is -2.20. The number of para-hydroxylation sites is 1. The Kier molecular flexibility index (Phi) is 8.03. The van der Waals surface area contributed by atoms with Crippen LogP contribution < -0.4 is 10.3 Å². The summed E-state index contributed by atoms with van der Waals surface area (Å²) in [7, 11) is 0. The van der Waals surface area contributed by atoms with Crippen LogP contribution in [0, 0.1) is 13.8 Å². The smallest absolute Gasteiger partial charge is 0.416 e. The normalized spacial score (nSPS) is 11.9. The van der Waals surface area contributed by atoms with E-state index in [0.717, 1.165) is 45.0 Å². The first-order valence-electron chi connectivity index (χ1n) is 14.0. The molecule has 2 heterocycles. The molecule has 0 N–H and O–H groups in total. The summed E-state index contributed by atoms with van der Waals surface area (Å²) in [6.45, 7) is 4.21. The lowest BCUT2D eigenvalue weighted by Gasteiger charge is -2.12. The van der Waals surface area contributed by atoms with Crippen LogP contribution in [0.4, 0.5) is 13.2 Å². The standard InChI is InChI=1S/C35H26ClF3N4O2/c1-22-18-26(23(2)42(22)28-14-16-29(17-15-28)45-21-25-8-3-5-12-31(25)36)20-40-43-33(24-9-7-10-27(19-24)35(37,38)39)41-32-13-6-4-11-30(32)34(43)44/h3-20H,21H2,1-2H3. The molecule has 226 valence electrons. The van der Waals surface area contributed by atoms with E-state index in [1.807, 2.05) is 73.0 Å². The van der Waals surface area contributed by atoms with Gasteiger partial charge in [0.1, 0.15) is 12.4 Å². The molecule has 0 radical (unpaired) electrons. The third-order valence-electron chi connectivity index (χ3n) is 7.43. The first-order chi connectivity index (χ1) is 21.6. The topological polar surface area (TPSA) is 61.4 Å². The lowest BCUT2D eigenvalue weighted by atomic mass is 10.1. The summed E-state index contributed by atoms with van der Waals surface area (Å²) in [5.74, 6) is 0.690. The maximum Gasteiger partial charge on any atom is 0.416 e. The SMILES string of the molecule is Cc1cc(C=Nn2c(-c3cccc(C(F)(F)F)c3)nc3ccccc3c2=O)c(C)n1-c1ccc(OCc2ccccc2Cl)cc1. The van der Waals surface area contributed by atoms with Gasteiger partial charge in [0, 0.05) is 38.8 Å². The summed E-state index contributed by atoms with van der Waals surface area (Å²) in [4.78, 5) is 18.1. The zero-order valence-electron chi connectivity index (χ0n) is 24.2. The van der Waals surface area contributed by atoms with Crippen molar-refractivity contribution >= 4 is 28.7 Å². The highest BCUT2D eigenvalue weighted by molar-refractivity contribution is 6.31. The molecule has 0 aliphatic carbocycles. The van der Waals surface area contributed by atoms with Gasteiger partial charge in [-0.2, -0.15) is 22.9 Å². The highest BCUT2D eigenvalue weighted by Crippen LogP contribution is 2.32. The van der Waals surface area contributed by atoms with Crippen molar-refractivity contribution in [3.05, 3.63) is 147 Å². The maximum atomic E-state index is 13.6. The number of fused-ring (bicyclic) bond motifs is 1. The van der Waals surface area contributed by atoms with Crippen molar-refractivity contribution in [1.82, 2.24) is 14.2 Å². The molecule has 0 saturated heterocycles. The Bertz CT molecular complexity index is 2120. The maximum absolute atomic E-state index is 13.6. The van der Waals surface area contributed by atoms with Crippen LogP contribution in [-0.2, 0) is 12.8 Å². The Morgan fingerprint density at radius 3 is 2.40 bits per heavy atom. The number of benzene rings is 4. The molecule has 0 amide bonds. The van der Waals surface area contributed by atoms with Gasteiger partial charge < -0.3 is 9.30 Å². The van der Waals surface area contributed by atoms with Crippen LogP contribution in [0.25, 0.3) is 28.0 Å². The van der Waals surface area contributed by atoms with Crippen LogP contribution in [-0.4, -0.2) is 20.4 Å². The van der Waals surface area contributed by atoms with Gasteiger partial charge in [-0.3, -0.25) is 4.79 Å². The van der Waals surface area contributed by atoms with Crippen molar-refractivity contribution in [2.75, 3.05) is 0 Å². The summed E-state index contributed by atoms with van der Waals surface area (Å²) in [5.41, 5.74) is 3.41. The third kappa shape index (κ3) is 6.12. The molecule has 2 aromatic heterocycles. The summed E-state index contributed by atoms with van der Waals surface area (Å²) in [6.07, 6.45) is -3.03. The molecule has 6 nitrogen and oxygen atoms in total. The first-order valence-corrected chi connectivity index (χ1v) is 14.4. The van der Waals surface area contributed by atoms with Crippen molar-refractivity contribution in [3.63, 3.8) is 0 Å². The van der Waals surface area contributed by atoms with Crippen LogP contribution in [0.1, 0.15) is 28.1 Å². The fourth-order valence-corrected chi connectivity index (χ4v) is 5.35. The summed E-state index contributed by atoms with van der Waals surface area (Å²) < 4.78 is 49.6. The molecule has 0 spiro atoms. The highest BCUT2D eigenvalue weighted by Gasteiger charge is 2.31. The molecular formula is C35H26ClF3N4O2. The summed E-state index contributed by atoms with van der Waals surface area (Å²) >= 11 is 6.24. The number of aromatic nitrogens is 3. The van der Waals surface area contributed by atoms with Crippen molar-refractivity contribution in [2.45, 2.75) is 26.6 Å². The average molecular weight is 627 g/mol. The molecule has 6 aromatic rings. The monoisotopic (exact) mass is 626 g/mol. The van der Waals surface area contributed by atoms with Crippen LogP contribution >= 0.6 is 11.6 Å². The number of hydrogen-bond donors (Lipinski definition) is 0. The van der Waals surface area contributed by atoms with E-state index in [1.165, 1.54) is 18.3 Å². The Morgan fingerprint density at radius 2 is 1.64 bits per heavy atom. The fraction of sp³-hybridized carbons (Fsp3) is 0.114. The van der Waals surface area contributed by atoms with Gasteiger partial charge >= 0.3 is 6.18 Å². The molecule has 0 fully saturated rings.